The van der Waals surface area contributed by atoms with Crippen molar-refractivity contribution < 1.29 is 0 Å². The zero-order valence-corrected chi connectivity index (χ0v) is 16.4. The Bertz CT molecular complexity index is 587. The highest BCUT2D eigenvalue weighted by Crippen LogP contribution is 2.34. The van der Waals surface area contributed by atoms with Crippen molar-refractivity contribution in [1.82, 2.24) is 0 Å². The minimum Gasteiger partial charge on any atom is -0.379 e. The Hall–Kier alpha value is 0.160. The van der Waals surface area contributed by atoms with Crippen molar-refractivity contribution in [3.8, 4) is 0 Å². The first-order valence-electron chi connectivity index (χ1n) is 5.61. The molecule has 0 fully saturated rings. The summed E-state index contributed by atoms with van der Waals surface area (Å²) < 4.78 is 4.23. The molecule has 0 amide bonds. The molecule has 5 heteroatoms. The van der Waals surface area contributed by atoms with E-state index < -0.39 is 0 Å². The van der Waals surface area contributed by atoms with Crippen molar-refractivity contribution in [2.45, 2.75) is 13.5 Å². The predicted octanol–water partition coefficient (Wildman–Crippen LogP) is 6.66. The van der Waals surface area contributed by atoms with E-state index in [4.69, 9.17) is 0 Å². The molecular weight excluding hydrogens is 502 g/mol. The van der Waals surface area contributed by atoms with Crippen LogP contribution in [0.3, 0.4) is 0 Å². The fourth-order valence-electron chi connectivity index (χ4n) is 1.65. The van der Waals surface area contributed by atoms with Gasteiger partial charge in [0.25, 0.3) is 0 Å². The van der Waals surface area contributed by atoms with Crippen LogP contribution in [-0.4, -0.2) is 0 Å². The minimum absolute atomic E-state index is 0.776. The van der Waals surface area contributed by atoms with Crippen molar-refractivity contribution in [2.24, 2.45) is 0 Å². The average molecular weight is 513 g/mol. The first-order chi connectivity index (χ1) is 8.97. The van der Waals surface area contributed by atoms with E-state index in [1.807, 2.05) is 12.1 Å². The molecule has 0 saturated heterocycles. The van der Waals surface area contributed by atoms with Crippen molar-refractivity contribution in [2.75, 3.05) is 5.32 Å². The lowest BCUT2D eigenvalue weighted by Gasteiger charge is -2.12. The predicted molar refractivity (Wildman–Crippen MR) is 95.7 cm³/mol. The van der Waals surface area contributed by atoms with E-state index in [-0.39, 0.29) is 0 Å². The van der Waals surface area contributed by atoms with Crippen molar-refractivity contribution in [3.63, 3.8) is 0 Å². The number of halogens is 4. The lowest BCUT2D eigenvalue weighted by atomic mass is 10.1. The van der Waals surface area contributed by atoms with Gasteiger partial charge in [0, 0.05) is 24.4 Å². The lowest BCUT2D eigenvalue weighted by molar-refractivity contribution is 1.13. The zero-order valence-electron chi connectivity index (χ0n) is 10.1. The van der Waals surface area contributed by atoms with Gasteiger partial charge in [-0.2, -0.15) is 0 Å². The number of aryl methyl sites for hydroxylation is 1. The summed E-state index contributed by atoms with van der Waals surface area (Å²) in [5.74, 6) is 0. The Labute approximate surface area is 146 Å². The second kappa shape index (κ2) is 6.74. The van der Waals surface area contributed by atoms with Crippen LogP contribution in [0.5, 0.6) is 0 Å². The SMILES string of the molecule is Cc1ccc(CNc2c(Br)cc(Br)cc2Br)cc1Br. The summed E-state index contributed by atoms with van der Waals surface area (Å²) in [6.07, 6.45) is 0. The zero-order chi connectivity index (χ0) is 14.0. The van der Waals surface area contributed by atoms with E-state index in [0.717, 1.165) is 30.1 Å². The third kappa shape index (κ3) is 4.06. The van der Waals surface area contributed by atoms with E-state index in [0.29, 0.717) is 0 Å². The molecule has 2 aromatic rings. The van der Waals surface area contributed by atoms with Crippen LogP contribution in [0.4, 0.5) is 5.69 Å². The number of hydrogen-bond donors (Lipinski definition) is 1. The highest BCUT2D eigenvalue weighted by molar-refractivity contribution is 9.11. The summed E-state index contributed by atoms with van der Waals surface area (Å²) in [7, 11) is 0. The summed E-state index contributed by atoms with van der Waals surface area (Å²) in [6, 6.07) is 10.4. The summed E-state index contributed by atoms with van der Waals surface area (Å²) in [5.41, 5.74) is 3.54. The Morgan fingerprint density at radius 1 is 0.895 bits per heavy atom. The molecule has 19 heavy (non-hydrogen) atoms. The van der Waals surface area contributed by atoms with Crippen LogP contribution in [0, 0.1) is 6.92 Å². The molecule has 1 N–H and O–H groups in total. The molecule has 0 aliphatic rings. The normalized spacial score (nSPS) is 10.6. The Morgan fingerprint density at radius 3 is 2.11 bits per heavy atom. The summed E-state index contributed by atoms with van der Waals surface area (Å²) >= 11 is 14.2. The van der Waals surface area contributed by atoms with Gasteiger partial charge in [-0.15, -0.1) is 0 Å². The summed E-state index contributed by atoms with van der Waals surface area (Å²) in [6.45, 7) is 2.86. The fourth-order valence-corrected chi connectivity index (χ4v) is 4.61. The summed E-state index contributed by atoms with van der Waals surface area (Å²) in [4.78, 5) is 0. The molecule has 0 aliphatic carbocycles. The van der Waals surface area contributed by atoms with Crippen molar-refractivity contribution in [1.29, 1.82) is 0 Å². The molecule has 2 aromatic carbocycles. The maximum absolute atomic E-state index is 3.57. The van der Waals surface area contributed by atoms with Crippen LogP contribution in [0.15, 0.2) is 48.2 Å². The van der Waals surface area contributed by atoms with Crippen molar-refractivity contribution >= 4 is 69.4 Å². The molecule has 2 rings (SSSR count). The number of anilines is 1. The van der Waals surface area contributed by atoms with Crippen LogP contribution < -0.4 is 5.32 Å². The lowest BCUT2D eigenvalue weighted by Crippen LogP contribution is -2.01. The van der Waals surface area contributed by atoms with E-state index in [9.17, 15) is 0 Å². The average Bonchev–Trinajstić information content (AvgIpc) is 2.32. The number of benzene rings is 2. The van der Waals surface area contributed by atoms with Crippen LogP contribution in [-0.2, 0) is 6.54 Å². The highest BCUT2D eigenvalue weighted by atomic mass is 79.9. The molecule has 0 aliphatic heterocycles. The van der Waals surface area contributed by atoms with Crippen LogP contribution in [0.1, 0.15) is 11.1 Å². The maximum Gasteiger partial charge on any atom is 0.0632 e. The van der Waals surface area contributed by atoms with Crippen LogP contribution in [0.2, 0.25) is 0 Å². The molecule has 0 unspecified atom stereocenters. The second-order valence-electron chi connectivity index (χ2n) is 4.18. The first-order valence-corrected chi connectivity index (χ1v) is 8.78. The monoisotopic (exact) mass is 509 g/mol. The molecule has 0 saturated carbocycles. The molecule has 1 nitrogen and oxygen atoms in total. The largest absolute Gasteiger partial charge is 0.379 e. The Kier molecular flexibility index (Phi) is 5.52. The topological polar surface area (TPSA) is 12.0 Å². The Morgan fingerprint density at radius 2 is 1.53 bits per heavy atom. The molecule has 0 atom stereocenters. The second-order valence-corrected chi connectivity index (χ2v) is 7.66. The van der Waals surface area contributed by atoms with Gasteiger partial charge in [0.15, 0.2) is 0 Å². The van der Waals surface area contributed by atoms with Gasteiger partial charge in [-0.3, -0.25) is 0 Å². The van der Waals surface area contributed by atoms with Gasteiger partial charge in [0.1, 0.15) is 0 Å². The van der Waals surface area contributed by atoms with Gasteiger partial charge in [0.2, 0.25) is 0 Å². The molecule has 0 aromatic heterocycles. The van der Waals surface area contributed by atoms with Gasteiger partial charge >= 0.3 is 0 Å². The van der Waals surface area contributed by atoms with E-state index in [1.54, 1.807) is 0 Å². The molecule has 0 bridgehead atoms. The van der Waals surface area contributed by atoms with E-state index in [2.05, 4.69) is 94.2 Å². The van der Waals surface area contributed by atoms with Gasteiger partial charge in [-0.1, -0.05) is 44.0 Å². The third-order valence-corrected chi connectivity index (χ3v) is 5.28. The minimum atomic E-state index is 0.776. The molecule has 100 valence electrons. The highest BCUT2D eigenvalue weighted by Gasteiger charge is 2.07. The van der Waals surface area contributed by atoms with Gasteiger partial charge < -0.3 is 5.32 Å². The Balaban J connectivity index is 2.16. The standard InChI is InChI=1S/C14H11Br4N/c1-8-2-3-9(4-11(8)16)7-19-14-12(17)5-10(15)6-13(14)18/h2-6,19H,7H2,1H3. The van der Waals surface area contributed by atoms with Gasteiger partial charge in [-0.25, -0.2) is 0 Å². The molecule has 0 heterocycles. The summed E-state index contributed by atoms with van der Waals surface area (Å²) in [5, 5.41) is 3.44. The third-order valence-electron chi connectivity index (χ3n) is 2.71. The smallest absolute Gasteiger partial charge is 0.0632 e. The van der Waals surface area contributed by atoms with Crippen molar-refractivity contribution in [3.05, 3.63) is 59.3 Å². The van der Waals surface area contributed by atoms with E-state index in [1.165, 1.54) is 11.1 Å². The number of rotatable bonds is 3. The number of nitrogens with one attached hydrogen (secondary N) is 1. The fraction of sp³-hybridized carbons (Fsp3) is 0.143. The first kappa shape index (κ1) is 15.5. The van der Waals surface area contributed by atoms with Gasteiger partial charge in [0.05, 0.1) is 5.69 Å². The maximum atomic E-state index is 3.57. The van der Waals surface area contributed by atoms with Crippen LogP contribution in [0.25, 0.3) is 0 Å². The van der Waals surface area contributed by atoms with E-state index >= 15 is 0 Å². The van der Waals surface area contributed by atoms with Gasteiger partial charge in [-0.05, 0) is 68.1 Å². The number of hydrogen-bond acceptors (Lipinski definition) is 1. The molecule has 0 spiro atoms. The molecular formula is C14H11Br4N. The molecule has 0 radical (unpaired) electrons. The van der Waals surface area contributed by atoms with Crippen LogP contribution >= 0.6 is 63.7 Å². The quantitative estimate of drug-likeness (QED) is 0.485.